The second-order valence-corrected chi connectivity index (χ2v) is 3.90. The number of hydrogen-bond acceptors (Lipinski definition) is 4. The number of aliphatic hydroxyl groups is 1. The Hall–Kier alpha value is -1.13. The van der Waals surface area contributed by atoms with E-state index in [9.17, 15) is 5.11 Å². The molecule has 1 aromatic rings. The summed E-state index contributed by atoms with van der Waals surface area (Å²) < 4.78 is 5.35. The largest absolute Gasteiger partial charge is 0.389 e. The van der Waals surface area contributed by atoms with Crippen molar-refractivity contribution in [3.8, 4) is 0 Å². The molecule has 0 aliphatic heterocycles. The molecule has 0 saturated carbocycles. The summed E-state index contributed by atoms with van der Waals surface area (Å²) in [4.78, 5) is 6.47. The van der Waals surface area contributed by atoms with Gasteiger partial charge in [-0.2, -0.15) is 0 Å². The first kappa shape index (κ1) is 13.9. The lowest BCUT2D eigenvalue weighted by atomic mass is 10.1. The second kappa shape index (κ2) is 7.25. The zero-order valence-electron chi connectivity index (χ0n) is 10.9. The molecule has 0 bridgehead atoms. The van der Waals surface area contributed by atoms with Gasteiger partial charge < -0.3 is 14.7 Å². The van der Waals surface area contributed by atoms with E-state index in [1.807, 2.05) is 19.1 Å². The van der Waals surface area contributed by atoms with Crippen LogP contribution in [0.25, 0.3) is 0 Å². The van der Waals surface area contributed by atoms with Crippen molar-refractivity contribution in [2.75, 3.05) is 31.2 Å². The monoisotopic (exact) mass is 238 g/mol. The number of pyridine rings is 1. The van der Waals surface area contributed by atoms with Gasteiger partial charge in [0.15, 0.2) is 0 Å². The minimum atomic E-state index is -0.456. The van der Waals surface area contributed by atoms with Gasteiger partial charge >= 0.3 is 0 Å². The lowest BCUT2D eigenvalue weighted by molar-refractivity contribution is 0.154. The van der Waals surface area contributed by atoms with Crippen molar-refractivity contribution in [2.24, 2.45) is 0 Å². The highest BCUT2D eigenvalue weighted by atomic mass is 16.5. The number of aliphatic hydroxyl groups excluding tert-OH is 1. The highest BCUT2D eigenvalue weighted by molar-refractivity contribution is 5.41. The summed E-state index contributed by atoms with van der Waals surface area (Å²) >= 11 is 0. The van der Waals surface area contributed by atoms with Crippen molar-refractivity contribution < 1.29 is 9.84 Å². The zero-order valence-corrected chi connectivity index (χ0v) is 10.9. The minimum absolute atomic E-state index is 0.456. The van der Waals surface area contributed by atoms with Crippen LogP contribution >= 0.6 is 0 Å². The van der Waals surface area contributed by atoms with Crippen LogP contribution in [0.1, 0.15) is 32.4 Å². The maximum atomic E-state index is 9.55. The number of anilines is 1. The van der Waals surface area contributed by atoms with E-state index in [0.29, 0.717) is 6.61 Å². The number of aromatic nitrogens is 1. The fraction of sp³-hybridized carbons (Fsp3) is 0.615. The van der Waals surface area contributed by atoms with Crippen molar-refractivity contribution in [2.45, 2.75) is 26.9 Å². The van der Waals surface area contributed by atoms with Crippen LogP contribution in [0.15, 0.2) is 18.3 Å². The van der Waals surface area contributed by atoms with Gasteiger partial charge in [-0.3, -0.25) is 0 Å². The average Bonchev–Trinajstić information content (AvgIpc) is 2.35. The Kier molecular flexibility index (Phi) is 5.94. The van der Waals surface area contributed by atoms with E-state index in [1.54, 1.807) is 13.1 Å². The zero-order chi connectivity index (χ0) is 12.7. The molecule has 96 valence electrons. The van der Waals surface area contributed by atoms with Crippen LogP contribution in [0.5, 0.6) is 0 Å². The van der Waals surface area contributed by atoms with Gasteiger partial charge in [0.1, 0.15) is 5.82 Å². The van der Waals surface area contributed by atoms with E-state index in [4.69, 9.17) is 4.74 Å². The van der Waals surface area contributed by atoms with Gasteiger partial charge in [0.05, 0.1) is 12.7 Å². The minimum Gasteiger partial charge on any atom is -0.389 e. The first-order valence-corrected chi connectivity index (χ1v) is 6.15. The molecular formula is C13H22N2O2. The van der Waals surface area contributed by atoms with E-state index in [0.717, 1.165) is 31.1 Å². The Bertz CT molecular complexity index is 329. The molecule has 0 radical (unpaired) electrons. The fourth-order valence-electron chi connectivity index (χ4n) is 1.62. The smallest absolute Gasteiger partial charge is 0.128 e. The Morgan fingerprint density at radius 1 is 1.47 bits per heavy atom. The Labute approximate surface area is 103 Å². The highest BCUT2D eigenvalue weighted by Crippen LogP contribution is 2.17. The molecule has 1 heterocycles. The van der Waals surface area contributed by atoms with Gasteiger partial charge in [-0.15, -0.1) is 0 Å². The fourth-order valence-corrected chi connectivity index (χ4v) is 1.62. The van der Waals surface area contributed by atoms with E-state index >= 15 is 0 Å². The number of ether oxygens (including phenoxy) is 1. The molecule has 4 nitrogen and oxygen atoms in total. The van der Waals surface area contributed by atoms with E-state index < -0.39 is 6.10 Å². The third-order valence-electron chi connectivity index (χ3n) is 2.67. The maximum Gasteiger partial charge on any atom is 0.128 e. The van der Waals surface area contributed by atoms with Crippen LogP contribution in [0, 0.1) is 0 Å². The average molecular weight is 238 g/mol. The van der Waals surface area contributed by atoms with Gasteiger partial charge in [0.2, 0.25) is 0 Å². The molecule has 0 spiro atoms. The molecular weight excluding hydrogens is 216 g/mol. The molecule has 1 rings (SSSR count). The SMILES string of the molecule is CCOCCN(CC)c1cc([C@H](C)O)ccn1. The molecule has 1 aromatic heterocycles. The van der Waals surface area contributed by atoms with Crippen LogP contribution in [0.3, 0.4) is 0 Å². The van der Waals surface area contributed by atoms with Gasteiger partial charge in [-0.1, -0.05) is 0 Å². The van der Waals surface area contributed by atoms with Crippen molar-refractivity contribution >= 4 is 5.82 Å². The molecule has 0 aliphatic carbocycles. The first-order valence-electron chi connectivity index (χ1n) is 6.15. The lowest BCUT2D eigenvalue weighted by Gasteiger charge is -2.22. The van der Waals surface area contributed by atoms with Crippen LogP contribution in [-0.4, -0.2) is 36.4 Å². The molecule has 17 heavy (non-hydrogen) atoms. The van der Waals surface area contributed by atoms with Crippen LogP contribution in [0.4, 0.5) is 5.82 Å². The van der Waals surface area contributed by atoms with E-state index in [2.05, 4.69) is 16.8 Å². The topological polar surface area (TPSA) is 45.6 Å². The predicted molar refractivity (Wildman–Crippen MR) is 69.3 cm³/mol. The van der Waals surface area contributed by atoms with Gasteiger partial charge in [0, 0.05) is 25.9 Å². The summed E-state index contributed by atoms with van der Waals surface area (Å²) in [6.45, 7) is 8.97. The molecule has 0 aliphatic rings. The highest BCUT2D eigenvalue weighted by Gasteiger charge is 2.08. The quantitative estimate of drug-likeness (QED) is 0.738. The van der Waals surface area contributed by atoms with E-state index in [1.165, 1.54) is 0 Å². The second-order valence-electron chi connectivity index (χ2n) is 3.90. The summed E-state index contributed by atoms with van der Waals surface area (Å²) in [7, 11) is 0. The first-order chi connectivity index (χ1) is 8.19. The summed E-state index contributed by atoms with van der Waals surface area (Å²) in [6.07, 6.45) is 1.28. The van der Waals surface area contributed by atoms with Gasteiger partial charge in [-0.25, -0.2) is 4.98 Å². The van der Waals surface area contributed by atoms with Gasteiger partial charge in [-0.05, 0) is 38.5 Å². The number of nitrogens with zero attached hydrogens (tertiary/aromatic N) is 2. The predicted octanol–water partition coefficient (Wildman–Crippen LogP) is 2.00. The number of hydrogen-bond donors (Lipinski definition) is 1. The summed E-state index contributed by atoms with van der Waals surface area (Å²) in [6, 6.07) is 3.77. The summed E-state index contributed by atoms with van der Waals surface area (Å²) in [5.74, 6) is 0.894. The van der Waals surface area contributed by atoms with Crippen molar-refractivity contribution in [3.05, 3.63) is 23.9 Å². The number of rotatable bonds is 7. The molecule has 0 fully saturated rings. The van der Waals surface area contributed by atoms with Crippen molar-refractivity contribution in [1.82, 2.24) is 4.98 Å². The van der Waals surface area contributed by atoms with Crippen LogP contribution in [-0.2, 0) is 4.74 Å². The van der Waals surface area contributed by atoms with Crippen LogP contribution in [0.2, 0.25) is 0 Å². The third-order valence-corrected chi connectivity index (χ3v) is 2.67. The number of likely N-dealkylation sites (N-methyl/N-ethyl adjacent to an activating group) is 1. The Balaban J connectivity index is 2.70. The molecule has 0 amide bonds. The van der Waals surface area contributed by atoms with Gasteiger partial charge in [0.25, 0.3) is 0 Å². The Morgan fingerprint density at radius 3 is 2.82 bits per heavy atom. The van der Waals surface area contributed by atoms with E-state index in [-0.39, 0.29) is 0 Å². The molecule has 0 aromatic carbocycles. The third kappa shape index (κ3) is 4.32. The molecule has 0 saturated heterocycles. The van der Waals surface area contributed by atoms with Crippen molar-refractivity contribution in [1.29, 1.82) is 0 Å². The normalized spacial score (nSPS) is 12.5. The lowest BCUT2D eigenvalue weighted by Crippen LogP contribution is -2.28. The van der Waals surface area contributed by atoms with Crippen molar-refractivity contribution in [3.63, 3.8) is 0 Å². The molecule has 0 unspecified atom stereocenters. The summed E-state index contributed by atoms with van der Waals surface area (Å²) in [5.41, 5.74) is 0.893. The van der Waals surface area contributed by atoms with Crippen LogP contribution < -0.4 is 4.90 Å². The molecule has 1 N–H and O–H groups in total. The maximum absolute atomic E-state index is 9.55. The molecule has 1 atom stereocenters. The summed E-state index contributed by atoms with van der Waals surface area (Å²) in [5, 5.41) is 9.55. The Morgan fingerprint density at radius 2 is 2.24 bits per heavy atom. The molecule has 4 heteroatoms. The standard InChI is InChI=1S/C13H22N2O2/c1-4-15(8-9-17-5-2)13-10-12(11(3)16)6-7-14-13/h6-7,10-11,16H,4-5,8-9H2,1-3H3/t11-/m0/s1.